The summed E-state index contributed by atoms with van der Waals surface area (Å²) in [5.41, 5.74) is 0.499. The Morgan fingerprint density at radius 3 is 2.65 bits per heavy atom. The zero-order valence-electron chi connectivity index (χ0n) is 12.0. The zero-order valence-corrected chi connectivity index (χ0v) is 12.0. The molecule has 17 heavy (non-hydrogen) atoms. The van der Waals surface area contributed by atoms with Gasteiger partial charge in [0.1, 0.15) is 0 Å². The van der Waals surface area contributed by atoms with Crippen LogP contribution in [0, 0.1) is 0 Å². The number of piperazine rings is 1. The van der Waals surface area contributed by atoms with Gasteiger partial charge in [0.05, 0.1) is 0 Å². The average Bonchev–Trinajstić information content (AvgIpc) is 2.34. The molecule has 2 fully saturated rings. The Kier molecular flexibility index (Phi) is 4.48. The first-order chi connectivity index (χ1) is 8.18. The molecule has 1 heterocycles. The fraction of sp³-hybridized carbons (Fsp3) is 1.00. The van der Waals surface area contributed by atoms with E-state index in [4.69, 9.17) is 0 Å². The number of nitrogens with zero attached hydrogens (tertiary/aromatic N) is 1. The predicted molar refractivity (Wildman–Crippen MR) is 74.4 cm³/mol. The van der Waals surface area contributed by atoms with Crippen LogP contribution in [-0.2, 0) is 0 Å². The van der Waals surface area contributed by atoms with Crippen LogP contribution in [0.3, 0.4) is 0 Å². The van der Waals surface area contributed by atoms with Crippen LogP contribution in [0.2, 0.25) is 0 Å². The summed E-state index contributed by atoms with van der Waals surface area (Å²) >= 11 is 0. The molecule has 0 aromatic rings. The van der Waals surface area contributed by atoms with Gasteiger partial charge in [-0.1, -0.05) is 32.6 Å². The van der Waals surface area contributed by atoms with Crippen molar-refractivity contribution in [1.82, 2.24) is 10.2 Å². The molecule has 1 saturated carbocycles. The summed E-state index contributed by atoms with van der Waals surface area (Å²) in [6.45, 7) is 9.57. The van der Waals surface area contributed by atoms with Crippen LogP contribution in [-0.4, -0.2) is 35.6 Å². The van der Waals surface area contributed by atoms with Crippen molar-refractivity contribution in [3.05, 3.63) is 0 Å². The number of hydrogen-bond acceptors (Lipinski definition) is 2. The molecule has 2 heteroatoms. The largest absolute Gasteiger partial charge is 0.311 e. The van der Waals surface area contributed by atoms with Crippen LogP contribution in [0.5, 0.6) is 0 Å². The molecule has 1 saturated heterocycles. The molecule has 0 amide bonds. The second kappa shape index (κ2) is 5.71. The highest BCUT2D eigenvalue weighted by Crippen LogP contribution is 2.37. The lowest BCUT2D eigenvalue weighted by Crippen LogP contribution is -2.66. The maximum absolute atomic E-state index is 3.73. The molecule has 2 unspecified atom stereocenters. The molecule has 1 aliphatic heterocycles. The van der Waals surface area contributed by atoms with Crippen LogP contribution in [0.25, 0.3) is 0 Å². The molecule has 0 radical (unpaired) electrons. The molecule has 2 aliphatic rings. The van der Waals surface area contributed by atoms with E-state index in [1.54, 1.807) is 0 Å². The van der Waals surface area contributed by atoms with Crippen molar-refractivity contribution in [3.63, 3.8) is 0 Å². The van der Waals surface area contributed by atoms with Gasteiger partial charge in [-0.15, -0.1) is 0 Å². The normalized spacial score (nSPS) is 31.6. The first-order valence-corrected chi connectivity index (χ1v) is 7.68. The quantitative estimate of drug-likeness (QED) is 0.812. The first kappa shape index (κ1) is 13.4. The second-order valence-electron chi connectivity index (χ2n) is 6.36. The van der Waals surface area contributed by atoms with Crippen LogP contribution < -0.4 is 5.32 Å². The van der Waals surface area contributed by atoms with Crippen molar-refractivity contribution in [2.75, 3.05) is 13.1 Å². The number of hydrogen-bond donors (Lipinski definition) is 1. The summed E-state index contributed by atoms with van der Waals surface area (Å²) in [4.78, 5) is 2.86. The molecular weight excluding hydrogens is 208 g/mol. The Labute approximate surface area is 107 Å². The van der Waals surface area contributed by atoms with E-state index in [0.717, 1.165) is 6.04 Å². The summed E-state index contributed by atoms with van der Waals surface area (Å²) in [6, 6.07) is 1.43. The average molecular weight is 238 g/mol. The van der Waals surface area contributed by atoms with E-state index >= 15 is 0 Å². The maximum atomic E-state index is 3.73. The van der Waals surface area contributed by atoms with Gasteiger partial charge >= 0.3 is 0 Å². The summed E-state index contributed by atoms with van der Waals surface area (Å²) in [7, 11) is 0. The van der Waals surface area contributed by atoms with E-state index in [2.05, 4.69) is 31.0 Å². The third kappa shape index (κ3) is 2.85. The summed E-state index contributed by atoms with van der Waals surface area (Å²) in [6.07, 6.45) is 9.83. The van der Waals surface area contributed by atoms with E-state index in [0.29, 0.717) is 11.6 Å². The Morgan fingerprint density at radius 2 is 2.00 bits per heavy atom. The minimum absolute atomic E-state index is 0.499. The third-order valence-corrected chi connectivity index (χ3v) is 4.88. The van der Waals surface area contributed by atoms with Crippen molar-refractivity contribution in [3.8, 4) is 0 Å². The van der Waals surface area contributed by atoms with Gasteiger partial charge in [0, 0.05) is 30.7 Å². The van der Waals surface area contributed by atoms with Gasteiger partial charge in [0.15, 0.2) is 0 Å². The Hall–Kier alpha value is -0.0800. The lowest BCUT2D eigenvalue weighted by molar-refractivity contribution is -0.0177. The van der Waals surface area contributed by atoms with Crippen molar-refractivity contribution < 1.29 is 0 Å². The molecule has 1 aliphatic carbocycles. The van der Waals surface area contributed by atoms with Gasteiger partial charge in [0.25, 0.3) is 0 Å². The number of rotatable bonds is 3. The van der Waals surface area contributed by atoms with E-state index in [-0.39, 0.29) is 0 Å². The summed E-state index contributed by atoms with van der Waals surface area (Å²) < 4.78 is 0. The smallest absolute Gasteiger partial charge is 0.0337 e. The van der Waals surface area contributed by atoms with E-state index < -0.39 is 0 Å². The molecule has 0 bridgehead atoms. The van der Waals surface area contributed by atoms with Crippen molar-refractivity contribution in [2.24, 2.45) is 0 Å². The second-order valence-corrected chi connectivity index (χ2v) is 6.36. The maximum Gasteiger partial charge on any atom is 0.0337 e. The summed E-state index contributed by atoms with van der Waals surface area (Å²) in [5, 5.41) is 3.73. The standard InChI is InChI=1S/C15H30N2/c1-4-8-14(3)17-11-13(2)16-12-15(17)9-6-5-7-10-15/h13-14,16H,4-12H2,1-3H3. The van der Waals surface area contributed by atoms with Crippen LogP contribution in [0.4, 0.5) is 0 Å². The molecule has 1 N–H and O–H groups in total. The molecule has 2 nitrogen and oxygen atoms in total. The van der Waals surface area contributed by atoms with Gasteiger partial charge in [-0.25, -0.2) is 0 Å². The van der Waals surface area contributed by atoms with Gasteiger partial charge in [-0.2, -0.15) is 0 Å². The Morgan fingerprint density at radius 1 is 1.29 bits per heavy atom. The molecule has 100 valence electrons. The van der Waals surface area contributed by atoms with Gasteiger partial charge in [0.2, 0.25) is 0 Å². The van der Waals surface area contributed by atoms with Crippen LogP contribution in [0.15, 0.2) is 0 Å². The Bertz CT molecular complexity index is 233. The third-order valence-electron chi connectivity index (χ3n) is 4.88. The molecule has 0 aromatic carbocycles. The number of nitrogens with one attached hydrogen (secondary N) is 1. The van der Waals surface area contributed by atoms with Crippen molar-refractivity contribution in [1.29, 1.82) is 0 Å². The molecular formula is C15H30N2. The monoisotopic (exact) mass is 238 g/mol. The van der Waals surface area contributed by atoms with Crippen molar-refractivity contribution in [2.45, 2.75) is 83.3 Å². The van der Waals surface area contributed by atoms with Gasteiger partial charge < -0.3 is 5.32 Å². The van der Waals surface area contributed by atoms with E-state index in [9.17, 15) is 0 Å². The minimum Gasteiger partial charge on any atom is -0.311 e. The SMILES string of the molecule is CCCC(C)N1CC(C)NCC12CCCCC2. The van der Waals surface area contributed by atoms with Gasteiger partial charge in [-0.3, -0.25) is 4.90 Å². The fourth-order valence-electron chi connectivity index (χ4n) is 3.91. The zero-order chi connectivity index (χ0) is 12.3. The molecule has 0 aromatic heterocycles. The lowest BCUT2D eigenvalue weighted by atomic mass is 9.77. The van der Waals surface area contributed by atoms with Crippen LogP contribution in [0.1, 0.15) is 65.7 Å². The van der Waals surface area contributed by atoms with Crippen LogP contribution >= 0.6 is 0 Å². The van der Waals surface area contributed by atoms with Gasteiger partial charge in [-0.05, 0) is 33.1 Å². The highest BCUT2D eigenvalue weighted by atomic mass is 15.3. The fourth-order valence-corrected chi connectivity index (χ4v) is 3.91. The Balaban J connectivity index is 2.10. The molecule has 2 atom stereocenters. The topological polar surface area (TPSA) is 15.3 Å². The van der Waals surface area contributed by atoms with Crippen molar-refractivity contribution >= 4 is 0 Å². The lowest BCUT2D eigenvalue weighted by Gasteiger charge is -2.54. The molecule has 1 spiro atoms. The molecule has 2 rings (SSSR count). The highest BCUT2D eigenvalue weighted by molar-refractivity contribution is 5.01. The predicted octanol–water partition coefficient (Wildman–Crippen LogP) is 3.17. The first-order valence-electron chi connectivity index (χ1n) is 7.68. The summed E-state index contributed by atoms with van der Waals surface area (Å²) in [5.74, 6) is 0. The highest BCUT2D eigenvalue weighted by Gasteiger charge is 2.42. The van der Waals surface area contributed by atoms with E-state index in [1.807, 2.05) is 0 Å². The minimum atomic E-state index is 0.499. The van der Waals surface area contributed by atoms with E-state index in [1.165, 1.54) is 58.0 Å².